The quantitative estimate of drug-likeness (QED) is 0.774. The zero-order valence-electron chi connectivity index (χ0n) is 8.82. The lowest BCUT2D eigenvalue weighted by Crippen LogP contribution is -2.10. The summed E-state index contributed by atoms with van der Waals surface area (Å²) in [7, 11) is 0. The SMILES string of the molecule is O=C(Cn1ccc2ccc(F)cc21)C1CC1. The summed E-state index contributed by atoms with van der Waals surface area (Å²) < 4.78 is 14.9. The van der Waals surface area contributed by atoms with Gasteiger partial charge in [-0.05, 0) is 42.5 Å². The Kier molecular flexibility index (Phi) is 2.06. The van der Waals surface area contributed by atoms with Gasteiger partial charge in [-0.3, -0.25) is 4.79 Å². The summed E-state index contributed by atoms with van der Waals surface area (Å²) in [6.07, 6.45) is 3.89. The van der Waals surface area contributed by atoms with Crippen LogP contribution in [-0.4, -0.2) is 10.4 Å². The number of Topliss-reactive ketones (excluding diaryl/α,β-unsaturated/α-hetero) is 1. The van der Waals surface area contributed by atoms with E-state index in [1.54, 1.807) is 6.07 Å². The molecule has 0 saturated heterocycles. The lowest BCUT2D eigenvalue weighted by atomic mass is 10.2. The first-order valence-corrected chi connectivity index (χ1v) is 5.51. The topological polar surface area (TPSA) is 22.0 Å². The van der Waals surface area contributed by atoms with E-state index < -0.39 is 0 Å². The Labute approximate surface area is 92.7 Å². The van der Waals surface area contributed by atoms with Crippen LogP contribution < -0.4 is 0 Å². The van der Waals surface area contributed by atoms with Crippen LogP contribution in [0.5, 0.6) is 0 Å². The maximum atomic E-state index is 13.1. The molecule has 1 aromatic carbocycles. The number of carbonyl (C=O) groups excluding carboxylic acids is 1. The van der Waals surface area contributed by atoms with Crippen LogP contribution in [0.1, 0.15) is 12.8 Å². The summed E-state index contributed by atoms with van der Waals surface area (Å²) in [5.41, 5.74) is 0.800. The number of hydrogen-bond acceptors (Lipinski definition) is 1. The van der Waals surface area contributed by atoms with Crippen LogP contribution in [0.4, 0.5) is 4.39 Å². The third-order valence-corrected chi connectivity index (χ3v) is 3.09. The summed E-state index contributed by atoms with van der Waals surface area (Å²) in [4.78, 5) is 11.7. The smallest absolute Gasteiger partial charge is 0.155 e. The fourth-order valence-electron chi connectivity index (χ4n) is 2.00. The number of aromatic nitrogens is 1. The second-order valence-corrected chi connectivity index (χ2v) is 4.39. The highest BCUT2D eigenvalue weighted by molar-refractivity contribution is 5.86. The van der Waals surface area contributed by atoms with Crippen molar-refractivity contribution in [1.29, 1.82) is 0 Å². The van der Waals surface area contributed by atoms with Gasteiger partial charge in [0, 0.05) is 12.1 Å². The van der Waals surface area contributed by atoms with Gasteiger partial charge in [0.05, 0.1) is 12.1 Å². The third-order valence-electron chi connectivity index (χ3n) is 3.09. The van der Waals surface area contributed by atoms with E-state index in [1.807, 2.05) is 16.8 Å². The Hall–Kier alpha value is -1.64. The largest absolute Gasteiger partial charge is 0.340 e. The molecule has 0 unspecified atom stereocenters. The van der Waals surface area contributed by atoms with Gasteiger partial charge in [0.2, 0.25) is 0 Å². The standard InChI is InChI=1S/C13H12FNO/c14-11-4-3-9-5-6-15(12(9)7-11)8-13(16)10-1-2-10/h3-7,10H,1-2,8H2. The van der Waals surface area contributed by atoms with Gasteiger partial charge in [0.15, 0.2) is 5.78 Å². The van der Waals surface area contributed by atoms with Crippen LogP contribution in [-0.2, 0) is 11.3 Å². The minimum atomic E-state index is -0.258. The molecule has 16 heavy (non-hydrogen) atoms. The first-order valence-electron chi connectivity index (χ1n) is 5.51. The van der Waals surface area contributed by atoms with Crippen molar-refractivity contribution in [2.45, 2.75) is 19.4 Å². The second kappa shape index (κ2) is 3.44. The summed E-state index contributed by atoms with van der Waals surface area (Å²) in [5, 5.41) is 0.977. The van der Waals surface area contributed by atoms with E-state index >= 15 is 0 Å². The van der Waals surface area contributed by atoms with Crippen molar-refractivity contribution in [1.82, 2.24) is 4.57 Å². The van der Waals surface area contributed by atoms with Gasteiger partial charge in [-0.25, -0.2) is 4.39 Å². The molecular weight excluding hydrogens is 205 g/mol. The molecule has 0 radical (unpaired) electrons. The normalized spacial score (nSPS) is 15.6. The molecule has 0 atom stereocenters. The minimum absolute atomic E-state index is 0.256. The lowest BCUT2D eigenvalue weighted by molar-refractivity contribution is -0.120. The van der Waals surface area contributed by atoms with E-state index in [4.69, 9.17) is 0 Å². The van der Waals surface area contributed by atoms with E-state index in [0.29, 0.717) is 6.54 Å². The molecule has 1 aromatic heterocycles. The van der Waals surface area contributed by atoms with Crippen molar-refractivity contribution in [2.75, 3.05) is 0 Å². The van der Waals surface area contributed by atoms with Gasteiger partial charge in [0.1, 0.15) is 5.82 Å². The van der Waals surface area contributed by atoms with Crippen LogP contribution in [0.2, 0.25) is 0 Å². The molecule has 1 heterocycles. The highest BCUT2D eigenvalue weighted by Gasteiger charge is 2.29. The molecule has 0 spiro atoms. The monoisotopic (exact) mass is 217 g/mol. The fourth-order valence-corrected chi connectivity index (χ4v) is 2.00. The molecule has 2 nitrogen and oxygen atoms in total. The van der Waals surface area contributed by atoms with Crippen molar-refractivity contribution >= 4 is 16.7 Å². The number of nitrogens with zero attached hydrogens (tertiary/aromatic N) is 1. The molecule has 0 N–H and O–H groups in total. The van der Waals surface area contributed by atoms with Crippen molar-refractivity contribution in [2.24, 2.45) is 5.92 Å². The summed E-state index contributed by atoms with van der Waals surface area (Å²) in [5.74, 6) is 0.263. The van der Waals surface area contributed by atoms with Gasteiger partial charge in [0.25, 0.3) is 0 Å². The maximum Gasteiger partial charge on any atom is 0.155 e. The summed E-state index contributed by atoms with van der Waals surface area (Å²) in [6.45, 7) is 0.373. The molecule has 0 bridgehead atoms. The average molecular weight is 217 g/mol. The van der Waals surface area contributed by atoms with Crippen molar-refractivity contribution in [3.8, 4) is 0 Å². The number of ketones is 1. The van der Waals surface area contributed by atoms with E-state index in [2.05, 4.69) is 0 Å². The molecule has 3 rings (SSSR count). The number of fused-ring (bicyclic) bond motifs is 1. The maximum absolute atomic E-state index is 13.1. The zero-order chi connectivity index (χ0) is 11.1. The van der Waals surface area contributed by atoms with Crippen LogP contribution in [0.25, 0.3) is 10.9 Å². The molecule has 1 fully saturated rings. The van der Waals surface area contributed by atoms with Crippen molar-refractivity contribution < 1.29 is 9.18 Å². The number of benzene rings is 1. The zero-order valence-corrected chi connectivity index (χ0v) is 8.82. The molecule has 82 valence electrons. The first-order chi connectivity index (χ1) is 7.74. The summed E-state index contributed by atoms with van der Waals surface area (Å²) in [6, 6.07) is 6.57. The first kappa shape index (κ1) is 9.58. The molecule has 2 aromatic rings. The lowest BCUT2D eigenvalue weighted by Gasteiger charge is -2.03. The Morgan fingerprint density at radius 1 is 1.38 bits per heavy atom. The fraction of sp³-hybridized carbons (Fsp3) is 0.308. The van der Waals surface area contributed by atoms with Crippen LogP contribution >= 0.6 is 0 Å². The van der Waals surface area contributed by atoms with E-state index in [1.165, 1.54) is 12.1 Å². The third kappa shape index (κ3) is 1.62. The highest BCUT2D eigenvalue weighted by atomic mass is 19.1. The Morgan fingerprint density at radius 2 is 2.19 bits per heavy atom. The van der Waals surface area contributed by atoms with Crippen molar-refractivity contribution in [3.63, 3.8) is 0 Å². The number of carbonyl (C=O) groups is 1. The van der Waals surface area contributed by atoms with Gasteiger partial charge >= 0.3 is 0 Å². The number of halogens is 1. The Balaban J connectivity index is 1.96. The van der Waals surface area contributed by atoms with Crippen LogP contribution in [0.3, 0.4) is 0 Å². The average Bonchev–Trinajstić information content (AvgIpc) is 3.04. The molecule has 0 aliphatic heterocycles. The van der Waals surface area contributed by atoms with E-state index in [9.17, 15) is 9.18 Å². The predicted octanol–water partition coefficient (Wildman–Crippen LogP) is 2.76. The van der Waals surface area contributed by atoms with Crippen molar-refractivity contribution in [3.05, 3.63) is 36.3 Å². The van der Waals surface area contributed by atoms with E-state index in [-0.39, 0.29) is 17.5 Å². The van der Waals surface area contributed by atoms with E-state index in [0.717, 1.165) is 23.7 Å². The molecule has 3 heteroatoms. The molecule has 1 saturated carbocycles. The molecule has 1 aliphatic carbocycles. The predicted molar refractivity (Wildman–Crippen MR) is 59.6 cm³/mol. The van der Waals surface area contributed by atoms with Gasteiger partial charge < -0.3 is 4.57 Å². The van der Waals surface area contributed by atoms with Gasteiger partial charge in [-0.2, -0.15) is 0 Å². The number of rotatable bonds is 3. The second-order valence-electron chi connectivity index (χ2n) is 4.39. The molecule has 1 aliphatic rings. The minimum Gasteiger partial charge on any atom is -0.340 e. The van der Waals surface area contributed by atoms with Crippen LogP contribution in [0, 0.1) is 11.7 Å². The van der Waals surface area contributed by atoms with Crippen LogP contribution in [0.15, 0.2) is 30.5 Å². The van der Waals surface area contributed by atoms with Gasteiger partial charge in [-0.1, -0.05) is 0 Å². The molecular formula is C13H12FNO. The Bertz CT molecular complexity index is 554. The van der Waals surface area contributed by atoms with Gasteiger partial charge in [-0.15, -0.1) is 0 Å². The number of hydrogen-bond donors (Lipinski definition) is 0. The summed E-state index contributed by atoms with van der Waals surface area (Å²) >= 11 is 0. The highest BCUT2D eigenvalue weighted by Crippen LogP contribution is 2.30. The molecule has 0 amide bonds. The Morgan fingerprint density at radius 3 is 2.94 bits per heavy atom.